The molecule has 4 atom stereocenters. The lowest BCUT2D eigenvalue weighted by Gasteiger charge is -2.30. The summed E-state index contributed by atoms with van der Waals surface area (Å²) in [6.45, 7) is 6.37. The van der Waals surface area contributed by atoms with Gasteiger partial charge < -0.3 is 24.6 Å². The second kappa shape index (κ2) is 13.6. The third kappa shape index (κ3) is 6.84. The number of likely N-dealkylation sites (N-methyl/N-ethyl adjacent to an activating group) is 1. The van der Waals surface area contributed by atoms with E-state index in [0.717, 1.165) is 35.4 Å². The number of allylic oxidation sites excluding steroid dienone is 1. The number of nitrogens with zero attached hydrogens (tertiary/aromatic N) is 4. The van der Waals surface area contributed by atoms with Crippen LogP contribution in [0.5, 0.6) is 11.5 Å². The van der Waals surface area contributed by atoms with Gasteiger partial charge in [-0.1, -0.05) is 26.0 Å². The van der Waals surface area contributed by atoms with Crippen LogP contribution in [0, 0.1) is 5.92 Å². The van der Waals surface area contributed by atoms with E-state index in [1.165, 1.54) is 16.2 Å². The number of nitrogens with one attached hydrogen (secondary N) is 2. The normalized spacial score (nSPS) is 26.6. The number of hydrogen-bond donors (Lipinski definition) is 2. The van der Waals surface area contributed by atoms with Crippen LogP contribution in [-0.2, 0) is 19.6 Å². The number of thiazole rings is 1. The quantitative estimate of drug-likeness (QED) is 0.303. The Kier molecular flexibility index (Phi) is 9.47. The zero-order chi connectivity index (χ0) is 37.0. The van der Waals surface area contributed by atoms with Crippen LogP contribution in [-0.4, -0.2) is 95.7 Å². The Morgan fingerprint density at radius 2 is 1.94 bits per heavy atom. The number of aromatic nitrogens is 2. The zero-order valence-electron chi connectivity index (χ0n) is 30.2. The van der Waals surface area contributed by atoms with Gasteiger partial charge in [-0.2, -0.15) is 0 Å². The lowest BCUT2D eigenvalue weighted by Crippen LogP contribution is -2.58. The Balaban J connectivity index is 1.19. The number of fused-ring (bicyclic) bond motifs is 3. The van der Waals surface area contributed by atoms with E-state index >= 15 is 0 Å². The summed E-state index contributed by atoms with van der Waals surface area (Å²) in [5.41, 5.74) is 0.794. The lowest BCUT2D eigenvalue weighted by atomic mass is 10.1. The molecule has 13 nitrogen and oxygen atoms in total. The second-order valence-electron chi connectivity index (χ2n) is 15.0. The SMILES string of the molecule is COc1ccc2c(O[C@H]3C[C@H]4C(=O)N(C)CCCC/C=C/[C@@H]5C[C@@]5(C(=O)NS(=O)(=O)C5(C)CC5)NC(=O)N4C3)cc(-c3nc(C(C)C)cs3)nc2c1. The van der Waals surface area contributed by atoms with E-state index in [-0.39, 0.29) is 37.1 Å². The van der Waals surface area contributed by atoms with Gasteiger partial charge in [0.2, 0.25) is 15.9 Å². The van der Waals surface area contributed by atoms with Gasteiger partial charge in [0.25, 0.3) is 5.91 Å². The standard InChI is InChI=1S/C37H46N6O7S2/c1-22(2)29-21-51-32(39-29)28-18-31(26-12-11-24(49-5)16-27(26)38-28)50-25-17-30-33(44)42(4)15-9-7-6-8-10-23-19-37(23,40-35(46)43(30)20-25)34(45)41-52(47,48)36(3)13-14-36/h8,10-12,16,18,21-23,25,30H,6-7,9,13-15,17,19-20H2,1-5H3,(H,40,46)(H,41,45)/b10-8+/t23-,25+,30+,37-/m1/s1. The van der Waals surface area contributed by atoms with Crippen molar-refractivity contribution in [1.82, 2.24) is 29.8 Å². The van der Waals surface area contributed by atoms with Crippen molar-refractivity contribution in [2.24, 2.45) is 5.92 Å². The molecule has 4 heterocycles. The van der Waals surface area contributed by atoms with Gasteiger partial charge in [-0.15, -0.1) is 11.3 Å². The van der Waals surface area contributed by atoms with E-state index in [2.05, 4.69) is 23.9 Å². The molecule has 0 unspecified atom stereocenters. The minimum Gasteiger partial charge on any atom is -0.497 e. The number of ether oxygens (including phenoxy) is 2. The van der Waals surface area contributed by atoms with Gasteiger partial charge in [-0.3, -0.25) is 14.3 Å². The molecule has 4 aliphatic rings. The Morgan fingerprint density at radius 1 is 1.15 bits per heavy atom. The highest BCUT2D eigenvalue weighted by atomic mass is 32.2. The molecule has 0 radical (unpaired) electrons. The van der Waals surface area contributed by atoms with Crippen molar-refractivity contribution in [3.63, 3.8) is 0 Å². The van der Waals surface area contributed by atoms with E-state index in [1.807, 2.05) is 41.8 Å². The highest BCUT2D eigenvalue weighted by Gasteiger charge is 2.63. The van der Waals surface area contributed by atoms with Crippen molar-refractivity contribution in [1.29, 1.82) is 0 Å². The Morgan fingerprint density at radius 3 is 2.65 bits per heavy atom. The van der Waals surface area contributed by atoms with Crippen molar-refractivity contribution in [2.75, 3.05) is 27.2 Å². The molecule has 2 aliphatic heterocycles. The number of rotatable bonds is 8. The van der Waals surface area contributed by atoms with Gasteiger partial charge >= 0.3 is 6.03 Å². The van der Waals surface area contributed by atoms with E-state index < -0.39 is 44.4 Å². The predicted octanol–water partition coefficient (Wildman–Crippen LogP) is 4.98. The maximum absolute atomic E-state index is 14.2. The number of urea groups is 1. The number of pyridine rings is 1. The van der Waals surface area contributed by atoms with E-state index in [0.29, 0.717) is 42.1 Å². The number of sulfonamides is 1. The molecular formula is C37H46N6O7S2. The highest BCUT2D eigenvalue weighted by Crippen LogP contribution is 2.47. The summed E-state index contributed by atoms with van der Waals surface area (Å²) in [7, 11) is -0.610. The van der Waals surface area contributed by atoms with Crippen LogP contribution in [0.25, 0.3) is 21.6 Å². The van der Waals surface area contributed by atoms with Crippen molar-refractivity contribution in [3.8, 4) is 22.2 Å². The van der Waals surface area contributed by atoms with Crippen LogP contribution in [0.15, 0.2) is 41.8 Å². The number of benzene rings is 1. The van der Waals surface area contributed by atoms with Crippen molar-refractivity contribution in [2.45, 2.75) is 94.1 Å². The first-order valence-electron chi connectivity index (χ1n) is 17.9. The van der Waals surface area contributed by atoms with Crippen LogP contribution in [0.1, 0.15) is 77.3 Å². The number of amides is 4. The minimum atomic E-state index is -3.94. The maximum atomic E-state index is 14.2. The van der Waals surface area contributed by atoms with Gasteiger partial charge in [0.1, 0.15) is 39.9 Å². The monoisotopic (exact) mass is 750 g/mol. The molecule has 4 amide bonds. The average Bonchev–Trinajstić information content (AvgIpc) is 3.88. The number of methoxy groups -OCH3 is 1. The summed E-state index contributed by atoms with van der Waals surface area (Å²) >= 11 is 1.50. The maximum Gasteiger partial charge on any atom is 0.319 e. The van der Waals surface area contributed by atoms with Gasteiger partial charge in [-0.05, 0) is 63.5 Å². The number of carbonyl (C=O) groups is 3. The fourth-order valence-corrected chi connectivity index (χ4v) is 9.21. The third-order valence-electron chi connectivity index (χ3n) is 10.9. The highest BCUT2D eigenvalue weighted by molar-refractivity contribution is 7.91. The first kappa shape index (κ1) is 36.1. The lowest BCUT2D eigenvalue weighted by molar-refractivity contribution is -0.134. The van der Waals surface area contributed by atoms with Crippen LogP contribution >= 0.6 is 11.3 Å². The van der Waals surface area contributed by atoms with Crippen LogP contribution in [0.2, 0.25) is 0 Å². The van der Waals surface area contributed by atoms with Gasteiger partial charge in [0, 0.05) is 48.8 Å². The average molecular weight is 751 g/mol. The summed E-state index contributed by atoms with van der Waals surface area (Å²) in [5, 5.41) is 6.39. The second-order valence-corrected chi connectivity index (χ2v) is 18.1. The molecule has 3 fully saturated rings. The number of hydrogen-bond acceptors (Lipinski definition) is 10. The fraction of sp³-hybridized carbons (Fsp3) is 0.541. The van der Waals surface area contributed by atoms with Crippen LogP contribution in [0.3, 0.4) is 0 Å². The summed E-state index contributed by atoms with van der Waals surface area (Å²) in [6.07, 6.45) is 7.03. The molecule has 2 aromatic heterocycles. The van der Waals surface area contributed by atoms with Crippen LogP contribution in [0.4, 0.5) is 4.79 Å². The van der Waals surface area contributed by atoms with E-state index in [4.69, 9.17) is 19.4 Å². The van der Waals surface area contributed by atoms with Gasteiger partial charge in [-0.25, -0.2) is 23.2 Å². The van der Waals surface area contributed by atoms with E-state index in [9.17, 15) is 22.8 Å². The topological polar surface area (TPSA) is 160 Å². The van der Waals surface area contributed by atoms with E-state index in [1.54, 1.807) is 26.0 Å². The van der Waals surface area contributed by atoms with Crippen molar-refractivity contribution in [3.05, 3.63) is 47.5 Å². The van der Waals surface area contributed by atoms with Gasteiger partial charge in [0.15, 0.2) is 0 Å². The van der Waals surface area contributed by atoms with Crippen molar-refractivity contribution < 1.29 is 32.3 Å². The predicted molar refractivity (Wildman–Crippen MR) is 198 cm³/mol. The molecule has 0 bridgehead atoms. The molecule has 3 aromatic rings. The Labute approximate surface area is 308 Å². The Hall–Kier alpha value is -4.24. The largest absolute Gasteiger partial charge is 0.497 e. The molecule has 2 aliphatic carbocycles. The molecule has 15 heteroatoms. The molecule has 2 saturated carbocycles. The molecule has 2 N–H and O–H groups in total. The molecule has 7 rings (SSSR count). The zero-order valence-corrected chi connectivity index (χ0v) is 31.8. The summed E-state index contributed by atoms with van der Waals surface area (Å²) in [6, 6.07) is 5.90. The fourth-order valence-electron chi connectivity index (χ4n) is 6.96. The molecule has 1 aromatic carbocycles. The van der Waals surface area contributed by atoms with Gasteiger partial charge in [0.05, 0.1) is 29.6 Å². The summed E-state index contributed by atoms with van der Waals surface area (Å²) < 4.78 is 39.6. The molecule has 0 spiro atoms. The molecule has 52 heavy (non-hydrogen) atoms. The molecule has 1 saturated heterocycles. The first-order chi connectivity index (χ1) is 24.7. The summed E-state index contributed by atoms with van der Waals surface area (Å²) in [4.78, 5) is 54.7. The van der Waals surface area contributed by atoms with Crippen LogP contribution < -0.4 is 19.5 Å². The molecule has 278 valence electrons. The minimum absolute atomic E-state index is 0.0642. The first-order valence-corrected chi connectivity index (χ1v) is 20.3. The number of carbonyl (C=O) groups excluding carboxylic acids is 3. The Bertz CT molecular complexity index is 2040. The smallest absolute Gasteiger partial charge is 0.319 e. The summed E-state index contributed by atoms with van der Waals surface area (Å²) in [5.74, 6) is 0.0599. The van der Waals surface area contributed by atoms with Crippen molar-refractivity contribution >= 4 is 50.1 Å². The molecular weight excluding hydrogens is 705 g/mol. The third-order valence-corrected chi connectivity index (χ3v) is 13.9.